The molecule has 0 amide bonds. The van der Waals surface area contributed by atoms with E-state index in [4.69, 9.17) is 4.74 Å². The lowest BCUT2D eigenvalue weighted by Crippen LogP contribution is -2.19. The zero-order valence-electron chi connectivity index (χ0n) is 11.0. The van der Waals surface area contributed by atoms with Gasteiger partial charge < -0.3 is 9.84 Å². The molecule has 98 valence electrons. The van der Waals surface area contributed by atoms with Gasteiger partial charge in [-0.3, -0.25) is 0 Å². The number of rotatable bonds is 0. The quantitative estimate of drug-likeness (QED) is 0.406. The van der Waals surface area contributed by atoms with Crippen molar-refractivity contribution in [3.05, 3.63) is 23.3 Å². The summed E-state index contributed by atoms with van der Waals surface area (Å²) >= 11 is 0. The summed E-state index contributed by atoms with van der Waals surface area (Å²) in [5.41, 5.74) is 3.08. The number of ether oxygens (including phenoxy) is 1. The van der Waals surface area contributed by atoms with E-state index in [2.05, 4.69) is 13.5 Å². The number of aliphatic hydroxyl groups excluding tert-OH is 1. The Labute approximate surface area is 108 Å². The van der Waals surface area contributed by atoms with Gasteiger partial charge in [0.1, 0.15) is 6.10 Å². The van der Waals surface area contributed by atoms with Gasteiger partial charge >= 0.3 is 5.97 Å². The predicted molar refractivity (Wildman–Crippen MR) is 67.7 cm³/mol. The molecule has 0 aromatic rings. The minimum Gasteiger partial charge on any atom is -0.458 e. The normalized spacial score (nSPS) is 43.6. The summed E-state index contributed by atoms with van der Waals surface area (Å²) in [4.78, 5) is 11.6. The number of carbonyl (C=O) groups is 1. The van der Waals surface area contributed by atoms with Crippen LogP contribution in [-0.4, -0.2) is 23.3 Å². The first-order valence-corrected chi connectivity index (χ1v) is 6.76. The fraction of sp³-hybridized carbons (Fsp3) is 0.667. The van der Waals surface area contributed by atoms with Gasteiger partial charge in [-0.05, 0) is 43.6 Å². The fourth-order valence-electron chi connectivity index (χ4n) is 3.86. The average molecular weight is 248 g/mol. The van der Waals surface area contributed by atoms with E-state index < -0.39 is 0 Å². The Morgan fingerprint density at radius 1 is 1.33 bits per heavy atom. The van der Waals surface area contributed by atoms with Gasteiger partial charge in [-0.15, -0.1) is 0 Å². The van der Waals surface area contributed by atoms with E-state index in [1.54, 1.807) is 0 Å². The number of hydrogen-bond donors (Lipinski definition) is 1. The number of esters is 1. The van der Waals surface area contributed by atoms with Crippen LogP contribution in [0.2, 0.25) is 0 Å². The second kappa shape index (κ2) is 3.95. The van der Waals surface area contributed by atoms with Crippen molar-refractivity contribution in [3.63, 3.8) is 0 Å². The van der Waals surface area contributed by atoms with Crippen molar-refractivity contribution in [1.29, 1.82) is 0 Å². The van der Waals surface area contributed by atoms with Crippen LogP contribution in [0.1, 0.15) is 33.1 Å². The lowest BCUT2D eigenvalue weighted by molar-refractivity contribution is -0.139. The van der Waals surface area contributed by atoms with Crippen molar-refractivity contribution in [3.8, 4) is 0 Å². The van der Waals surface area contributed by atoms with E-state index in [1.165, 1.54) is 5.57 Å². The molecule has 0 aromatic carbocycles. The Balaban J connectivity index is 1.97. The molecule has 1 heterocycles. The number of hydrogen-bond acceptors (Lipinski definition) is 3. The molecule has 5 atom stereocenters. The highest BCUT2D eigenvalue weighted by Crippen LogP contribution is 2.49. The molecule has 1 aliphatic heterocycles. The summed E-state index contributed by atoms with van der Waals surface area (Å²) < 4.78 is 5.43. The fourth-order valence-corrected chi connectivity index (χ4v) is 3.86. The van der Waals surface area contributed by atoms with Crippen molar-refractivity contribution >= 4 is 5.97 Å². The van der Waals surface area contributed by atoms with Crippen LogP contribution in [-0.2, 0) is 9.53 Å². The Bertz CT molecular complexity index is 449. The highest BCUT2D eigenvalue weighted by Gasteiger charge is 2.46. The van der Waals surface area contributed by atoms with Crippen LogP contribution >= 0.6 is 0 Å². The molecule has 2 fully saturated rings. The monoisotopic (exact) mass is 248 g/mol. The molecule has 1 saturated carbocycles. The molecule has 0 bridgehead atoms. The topological polar surface area (TPSA) is 46.5 Å². The zero-order chi connectivity index (χ0) is 13.0. The third kappa shape index (κ3) is 1.57. The van der Waals surface area contributed by atoms with E-state index in [1.807, 2.05) is 6.92 Å². The Hall–Kier alpha value is -1.09. The highest BCUT2D eigenvalue weighted by molar-refractivity contribution is 5.90. The van der Waals surface area contributed by atoms with Gasteiger partial charge in [0.05, 0.1) is 6.10 Å². The smallest absolute Gasteiger partial charge is 0.334 e. The maximum absolute atomic E-state index is 11.6. The second-order valence-corrected chi connectivity index (χ2v) is 6.06. The molecule has 3 heteroatoms. The van der Waals surface area contributed by atoms with Crippen LogP contribution in [0.4, 0.5) is 0 Å². The highest BCUT2D eigenvalue weighted by atomic mass is 16.6. The summed E-state index contributed by atoms with van der Waals surface area (Å²) in [7, 11) is 0. The van der Waals surface area contributed by atoms with Gasteiger partial charge in [0, 0.05) is 11.5 Å². The van der Waals surface area contributed by atoms with Crippen LogP contribution in [0.15, 0.2) is 23.3 Å². The Kier molecular flexibility index (Phi) is 2.63. The van der Waals surface area contributed by atoms with Crippen LogP contribution in [0, 0.1) is 17.8 Å². The third-order valence-corrected chi connectivity index (χ3v) is 5.08. The SMILES string of the molecule is C=C1C(=O)OC2CC(C)C3CC(O)C(C)=C3CC12. The van der Waals surface area contributed by atoms with E-state index in [0.29, 0.717) is 17.4 Å². The lowest BCUT2D eigenvalue weighted by atomic mass is 9.86. The molecular weight excluding hydrogens is 228 g/mol. The first-order valence-electron chi connectivity index (χ1n) is 6.76. The molecule has 0 aromatic heterocycles. The van der Waals surface area contributed by atoms with E-state index in [9.17, 15) is 9.90 Å². The van der Waals surface area contributed by atoms with Crippen molar-refractivity contribution < 1.29 is 14.6 Å². The molecule has 5 unspecified atom stereocenters. The van der Waals surface area contributed by atoms with Crippen molar-refractivity contribution in [2.45, 2.75) is 45.3 Å². The minimum atomic E-state index is -0.296. The molecule has 1 N–H and O–H groups in total. The van der Waals surface area contributed by atoms with Gasteiger partial charge in [-0.1, -0.05) is 19.1 Å². The first kappa shape index (κ1) is 12.0. The lowest BCUT2D eigenvalue weighted by Gasteiger charge is -2.20. The summed E-state index contributed by atoms with van der Waals surface area (Å²) in [6.45, 7) is 8.11. The van der Waals surface area contributed by atoms with Crippen molar-refractivity contribution in [2.75, 3.05) is 0 Å². The summed E-state index contributed by atoms with van der Waals surface area (Å²) in [6, 6.07) is 0. The number of fused-ring (bicyclic) bond motifs is 2. The molecular formula is C15H20O3. The number of carbonyl (C=O) groups excluding carboxylic acids is 1. The maximum Gasteiger partial charge on any atom is 0.334 e. The van der Waals surface area contributed by atoms with Gasteiger partial charge in [-0.2, -0.15) is 0 Å². The maximum atomic E-state index is 11.6. The summed E-state index contributed by atoms with van der Waals surface area (Å²) in [6.07, 6.45) is 2.28. The Morgan fingerprint density at radius 3 is 2.78 bits per heavy atom. The zero-order valence-corrected chi connectivity index (χ0v) is 11.0. The van der Waals surface area contributed by atoms with E-state index in [-0.39, 0.29) is 24.1 Å². The van der Waals surface area contributed by atoms with Gasteiger partial charge in [0.15, 0.2) is 0 Å². The number of allylic oxidation sites excluding steroid dienone is 1. The van der Waals surface area contributed by atoms with Crippen LogP contribution < -0.4 is 0 Å². The van der Waals surface area contributed by atoms with Crippen LogP contribution in [0.5, 0.6) is 0 Å². The second-order valence-electron chi connectivity index (χ2n) is 6.06. The molecule has 0 radical (unpaired) electrons. The summed E-state index contributed by atoms with van der Waals surface area (Å²) in [5.74, 6) is 0.811. The molecule has 3 nitrogen and oxygen atoms in total. The van der Waals surface area contributed by atoms with E-state index in [0.717, 1.165) is 24.8 Å². The predicted octanol–water partition coefficient (Wildman–Crippen LogP) is 2.21. The van der Waals surface area contributed by atoms with Crippen molar-refractivity contribution in [2.24, 2.45) is 17.8 Å². The first-order chi connectivity index (χ1) is 8.49. The molecule has 0 spiro atoms. The van der Waals surface area contributed by atoms with Gasteiger partial charge in [0.25, 0.3) is 0 Å². The molecule has 1 saturated heterocycles. The summed E-state index contributed by atoms with van der Waals surface area (Å²) in [5, 5.41) is 10.0. The standard InChI is InChI=1S/C15H20O3/c1-7-4-14-12(9(3)15(17)18-14)5-11-8(2)13(16)6-10(7)11/h7,10,12-14,16H,3-6H2,1-2H3. The largest absolute Gasteiger partial charge is 0.458 e. The number of aliphatic hydroxyl groups is 1. The Morgan fingerprint density at radius 2 is 2.06 bits per heavy atom. The third-order valence-electron chi connectivity index (χ3n) is 5.08. The molecule has 3 rings (SSSR count). The van der Waals surface area contributed by atoms with Gasteiger partial charge in [0.2, 0.25) is 0 Å². The van der Waals surface area contributed by atoms with Gasteiger partial charge in [-0.25, -0.2) is 4.79 Å². The minimum absolute atomic E-state index is 0.00282. The molecule has 18 heavy (non-hydrogen) atoms. The van der Waals surface area contributed by atoms with Crippen LogP contribution in [0.25, 0.3) is 0 Å². The van der Waals surface area contributed by atoms with Crippen LogP contribution in [0.3, 0.4) is 0 Å². The molecule has 3 aliphatic rings. The van der Waals surface area contributed by atoms with E-state index >= 15 is 0 Å². The van der Waals surface area contributed by atoms with Crippen molar-refractivity contribution in [1.82, 2.24) is 0 Å². The molecule has 2 aliphatic carbocycles. The average Bonchev–Trinajstić information content (AvgIpc) is 2.68.